The van der Waals surface area contributed by atoms with Gasteiger partial charge in [0.25, 0.3) is 0 Å². The second-order valence-electron chi connectivity index (χ2n) is 6.97. The highest BCUT2D eigenvalue weighted by Crippen LogP contribution is 2.41. The van der Waals surface area contributed by atoms with E-state index in [-0.39, 0.29) is 22.9 Å². The van der Waals surface area contributed by atoms with Crippen molar-refractivity contribution in [3.05, 3.63) is 35.4 Å². The van der Waals surface area contributed by atoms with Gasteiger partial charge in [-0.2, -0.15) is 24.9 Å². The van der Waals surface area contributed by atoms with Gasteiger partial charge >= 0.3 is 6.18 Å². The normalized spacial score (nSPS) is 31.6. The smallest absolute Gasteiger partial charge is 0.326 e. The van der Waals surface area contributed by atoms with Crippen LogP contribution in [-0.4, -0.2) is 59.6 Å². The fourth-order valence-corrected chi connectivity index (χ4v) is 5.30. The fraction of sp³-hybridized carbons (Fsp3) is 0.529. The Morgan fingerprint density at radius 3 is 2.67 bits per heavy atom. The molecule has 1 aromatic rings. The van der Waals surface area contributed by atoms with Crippen LogP contribution in [-0.2, 0) is 0 Å². The maximum Gasteiger partial charge on any atom is 0.451 e. The molecule has 4 nitrogen and oxygen atoms in total. The van der Waals surface area contributed by atoms with Gasteiger partial charge < -0.3 is 5.73 Å². The topological polar surface area (TPSA) is 54.0 Å². The van der Waals surface area contributed by atoms with Crippen molar-refractivity contribution in [3.8, 4) is 0 Å². The SMILES string of the molecule is N[C@H]1C[C@@H](N2CC3=NC(C(F)(F)F)=NC3C2)CS[C@@H]1c1cc(F)ccc1F. The van der Waals surface area contributed by atoms with E-state index in [1.54, 1.807) is 0 Å². The number of nitrogens with zero attached hydrogens (tertiary/aromatic N) is 3. The van der Waals surface area contributed by atoms with Crippen molar-refractivity contribution in [3.63, 3.8) is 0 Å². The number of alkyl halides is 3. The third kappa shape index (κ3) is 3.62. The molecule has 3 heterocycles. The van der Waals surface area contributed by atoms with Crippen molar-refractivity contribution in [1.29, 1.82) is 0 Å². The minimum atomic E-state index is -4.52. The molecule has 2 saturated heterocycles. The van der Waals surface area contributed by atoms with Gasteiger partial charge in [0, 0.05) is 41.7 Å². The number of rotatable bonds is 2. The Hall–Kier alpha value is -1.52. The maximum atomic E-state index is 14.0. The van der Waals surface area contributed by atoms with Crippen molar-refractivity contribution >= 4 is 23.3 Å². The first-order valence-electron chi connectivity index (χ1n) is 8.51. The maximum absolute atomic E-state index is 14.0. The molecule has 2 N–H and O–H groups in total. The summed E-state index contributed by atoms with van der Waals surface area (Å²) in [6.45, 7) is 0.694. The number of fused-ring (bicyclic) bond motifs is 1. The van der Waals surface area contributed by atoms with Crippen molar-refractivity contribution in [1.82, 2.24) is 4.90 Å². The molecule has 0 aliphatic carbocycles. The largest absolute Gasteiger partial charge is 0.451 e. The van der Waals surface area contributed by atoms with Crippen molar-refractivity contribution in [2.75, 3.05) is 18.8 Å². The lowest BCUT2D eigenvalue weighted by Gasteiger charge is -2.38. The number of thioether (sulfide) groups is 1. The summed E-state index contributed by atoms with van der Waals surface area (Å²) in [5, 5.41) is -0.355. The lowest BCUT2D eigenvalue weighted by atomic mass is 9.98. The Bertz CT molecular complexity index is 809. The van der Waals surface area contributed by atoms with Crippen LogP contribution >= 0.6 is 11.8 Å². The fourth-order valence-electron chi connectivity index (χ4n) is 3.81. The standard InChI is InChI=1S/C17H17F5N4S/c18-8-1-2-11(19)10(3-8)15-12(23)4-9(7-27-15)26-5-13-14(6-26)25-16(24-13)17(20,21)22/h1-3,9,12-13,15H,4-7,23H2/t9-,12+,13?,15-/m1/s1. The molecule has 4 atom stereocenters. The highest BCUT2D eigenvalue weighted by Gasteiger charge is 2.45. The lowest BCUT2D eigenvalue weighted by molar-refractivity contribution is -0.0597. The first-order chi connectivity index (χ1) is 12.7. The minimum Gasteiger partial charge on any atom is -0.326 e. The molecule has 10 heteroatoms. The van der Waals surface area contributed by atoms with Crippen molar-refractivity contribution in [2.24, 2.45) is 15.7 Å². The van der Waals surface area contributed by atoms with Gasteiger partial charge in [-0.05, 0) is 24.6 Å². The Morgan fingerprint density at radius 1 is 1.22 bits per heavy atom. The molecule has 0 aromatic heterocycles. The zero-order valence-electron chi connectivity index (χ0n) is 14.1. The molecular formula is C17H17F5N4S. The zero-order valence-corrected chi connectivity index (χ0v) is 14.9. The Labute approximate surface area is 156 Å². The van der Waals surface area contributed by atoms with E-state index >= 15 is 0 Å². The monoisotopic (exact) mass is 404 g/mol. The number of hydrogen-bond donors (Lipinski definition) is 1. The van der Waals surface area contributed by atoms with E-state index in [9.17, 15) is 22.0 Å². The number of likely N-dealkylation sites (tertiary alicyclic amines) is 1. The van der Waals surface area contributed by atoms with Gasteiger partial charge in [0.1, 0.15) is 17.7 Å². The molecular weight excluding hydrogens is 387 g/mol. The Morgan fingerprint density at radius 2 is 2.00 bits per heavy atom. The molecule has 3 aliphatic rings. The summed E-state index contributed by atoms with van der Waals surface area (Å²) in [5.74, 6) is -1.42. The van der Waals surface area contributed by atoms with Gasteiger partial charge in [-0.25, -0.2) is 13.8 Å². The Kier molecular flexibility index (Phi) is 4.76. The summed E-state index contributed by atoms with van der Waals surface area (Å²) in [6.07, 6.45) is -3.98. The molecule has 146 valence electrons. The second kappa shape index (κ2) is 6.82. The second-order valence-corrected chi connectivity index (χ2v) is 8.15. The van der Waals surface area contributed by atoms with Crippen LogP contribution in [0.1, 0.15) is 17.2 Å². The molecule has 1 aromatic carbocycles. The summed E-state index contributed by atoms with van der Waals surface area (Å²) in [7, 11) is 0. The summed E-state index contributed by atoms with van der Waals surface area (Å²) in [5.41, 5.74) is 6.93. The Balaban J connectivity index is 1.41. The quantitative estimate of drug-likeness (QED) is 0.772. The molecule has 1 unspecified atom stereocenters. The van der Waals surface area contributed by atoms with Gasteiger partial charge in [0.2, 0.25) is 5.84 Å². The molecule has 0 radical (unpaired) electrons. The first kappa shape index (κ1) is 18.8. The van der Waals surface area contributed by atoms with Crippen LogP contribution in [0, 0.1) is 11.6 Å². The molecule has 0 spiro atoms. The van der Waals surface area contributed by atoms with E-state index < -0.39 is 29.7 Å². The highest BCUT2D eigenvalue weighted by atomic mass is 32.2. The van der Waals surface area contributed by atoms with Crippen molar-refractivity contribution < 1.29 is 22.0 Å². The third-order valence-corrected chi connectivity index (χ3v) is 6.66. The van der Waals surface area contributed by atoms with Gasteiger partial charge in [0.05, 0.1) is 5.71 Å². The summed E-state index contributed by atoms with van der Waals surface area (Å²) in [6, 6.07) is 2.44. The molecule has 2 fully saturated rings. The van der Waals surface area contributed by atoms with Crippen LogP contribution in [0.2, 0.25) is 0 Å². The van der Waals surface area contributed by atoms with E-state index in [2.05, 4.69) is 9.98 Å². The summed E-state index contributed by atoms with van der Waals surface area (Å²) in [4.78, 5) is 9.36. The predicted molar refractivity (Wildman–Crippen MR) is 94.2 cm³/mol. The minimum absolute atomic E-state index is 0.0377. The summed E-state index contributed by atoms with van der Waals surface area (Å²) >= 11 is 1.45. The highest BCUT2D eigenvalue weighted by molar-refractivity contribution is 7.99. The van der Waals surface area contributed by atoms with Crippen molar-refractivity contribution in [2.45, 2.75) is 36.0 Å². The molecule has 0 amide bonds. The average Bonchev–Trinajstić information content (AvgIpc) is 3.16. The van der Waals surface area contributed by atoms with Gasteiger partial charge in [-0.1, -0.05) is 0 Å². The summed E-state index contributed by atoms with van der Waals surface area (Å²) < 4.78 is 65.6. The number of benzene rings is 1. The number of nitrogens with two attached hydrogens (primary N) is 1. The van der Waals surface area contributed by atoms with Crippen LogP contribution in [0.3, 0.4) is 0 Å². The van der Waals surface area contributed by atoms with E-state index in [1.807, 2.05) is 4.90 Å². The predicted octanol–water partition coefficient (Wildman–Crippen LogP) is 2.94. The molecule has 0 saturated carbocycles. The number of amidine groups is 1. The van der Waals surface area contributed by atoms with E-state index in [0.717, 1.165) is 12.1 Å². The first-order valence-corrected chi connectivity index (χ1v) is 9.56. The van der Waals surface area contributed by atoms with E-state index in [4.69, 9.17) is 5.73 Å². The van der Waals surface area contributed by atoms with E-state index in [1.165, 1.54) is 17.8 Å². The van der Waals surface area contributed by atoms with Gasteiger partial charge in [0.15, 0.2) is 0 Å². The van der Waals surface area contributed by atoms with Crippen LogP contribution in [0.4, 0.5) is 22.0 Å². The number of halogens is 5. The van der Waals surface area contributed by atoms with E-state index in [0.29, 0.717) is 31.0 Å². The van der Waals surface area contributed by atoms with Gasteiger partial charge in [-0.15, -0.1) is 0 Å². The molecule has 3 aliphatic heterocycles. The van der Waals surface area contributed by atoms with Crippen LogP contribution in [0.25, 0.3) is 0 Å². The van der Waals surface area contributed by atoms with Crippen LogP contribution in [0.15, 0.2) is 28.2 Å². The van der Waals surface area contributed by atoms with Gasteiger partial charge in [-0.3, -0.25) is 9.89 Å². The molecule has 27 heavy (non-hydrogen) atoms. The molecule has 0 bridgehead atoms. The average molecular weight is 404 g/mol. The van der Waals surface area contributed by atoms with Crippen LogP contribution < -0.4 is 5.73 Å². The number of hydrogen-bond acceptors (Lipinski definition) is 5. The number of aliphatic imine (C=N–C) groups is 2. The zero-order chi connectivity index (χ0) is 19.3. The van der Waals surface area contributed by atoms with Crippen LogP contribution in [0.5, 0.6) is 0 Å². The third-order valence-electron chi connectivity index (χ3n) is 5.12. The molecule has 4 rings (SSSR count). The lowest BCUT2D eigenvalue weighted by Crippen LogP contribution is -2.46.